The zero-order chi connectivity index (χ0) is 13.1. The Bertz CT molecular complexity index is 573. The molecule has 7 heteroatoms. The Balaban J connectivity index is 1.65. The van der Waals surface area contributed by atoms with Crippen LogP contribution in [0, 0.1) is 0 Å². The number of cyclic esters (lactones) is 1. The Hall–Kier alpha value is -1.60. The van der Waals surface area contributed by atoms with Crippen LogP contribution in [0.4, 0.5) is 10.8 Å². The second kappa shape index (κ2) is 5.58. The van der Waals surface area contributed by atoms with E-state index in [0.29, 0.717) is 6.61 Å². The summed E-state index contributed by atoms with van der Waals surface area (Å²) in [6, 6.07) is 9.78. The molecular weight excluding hydrogens is 282 g/mol. The Morgan fingerprint density at radius 1 is 1.32 bits per heavy atom. The molecule has 0 aliphatic carbocycles. The highest BCUT2D eigenvalue weighted by atomic mass is 32.2. The maximum atomic E-state index is 11.4. The first-order valence-corrected chi connectivity index (χ1v) is 7.50. The second-order valence-corrected chi connectivity index (χ2v) is 6.35. The normalized spacial score (nSPS) is 18.3. The zero-order valence-corrected chi connectivity index (χ0v) is 11.5. The summed E-state index contributed by atoms with van der Waals surface area (Å²) in [5, 5.41) is 11.9. The summed E-state index contributed by atoms with van der Waals surface area (Å²) in [6.45, 7) is 0.504. The third-order valence-corrected chi connectivity index (χ3v) is 4.73. The number of ether oxygens (including phenoxy) is 1. The van der Waals surface area contributed by atoms with Crippen LogP contribution in [0.1, 0.15) is 6.42 Å². The van der Waals surface area contributed by atoms with Crippen LogP contribution < -0.4 is 5.32 Å². The molecule has 1 fully saturated rings. The van der Waals surface area contributed by atoms with Crippen LogP contribution in [0.25, 0.3) is 0 Å². The van der Waals surface area contributed by atoms with Gasteiger partial charge in [0.1, 0.15) is 5.25 Å². The number of anilines is 2. The van der Waals surface area contributed by atoms with Crippen molar-refractivity contribution in [1.29, 1.82) is 0 Å². The number of benzene rings is 1. The van der Waals surface area contributed by atoms with Gasteiger partial charge in [-0.05, 0) is 12.1 Å². The van der Waals surface area contributed by atoms with Gasteiger partial charge in [-0.1, -0.05) is 41.3 Å². The molecule has 0 bridgehead atoms. The van der Waals surface area contributed by atoms with E-state index in [9.17, 15) is 4.79 Å². The average Bonchev–Trinajstić information content (AvgIpc) is 3.02. The van der Waals surface area contributed by atoms with Crippen molar-refractivity contribution in [1.82, 2.24) is 10.2 Å². The molecule has 0 amide bonds. The van der Waals surface area contributed by atoms with E-state index in [1.165, 1.54) is 23.1 Å². The van der Waals surface area contributed by atoms with Crippen molar-refractivity contribution in [3.8, 4) is 0 Å². The molecule has 1 unspecified atom stereocenters. The highest BCUT2D eigenvalue weighted by Gasteiger charge is 2.28. The van der Waals surface area contributed by atoms with Crippen LogP contribution in [0.3, 0.4) is 0 Å². The number of rotatable bonds is 4. The molecule has 0 saturated carbocycles. The molecule has 1 aliphatic heterocycles. The lowest BCUT2D eigenvalue weighted by atomic mass is 10.3. The zero-order valence-electron chi connectivity index (χ0n) is 9.91. The largest absolute Gasteiger partial charge is 0.465 e. The van der Waals surface area contributed by atoms with E-state index in [4.69, 9.17) is 4.74 Å². The second-order valence-electron chi connectivity index (χ2n) is 3.93. The molecule has 3 rings (SSSR count). The number of hydrogen-bond acceptors (Lipinski definition) is 7. The molecule has 0 radical (unpaired) electrons. The number of esters is 1. The van der Waals surface area contributed by atoms with Crippen LogP contribution in [-0.2, 0) is 9.53 Å². The highest BCUT2D eigenvalue weighted by molar-refractivity contribution is 8.02. The van der Waals surface area contributed by atoms with Gasteiger partial charge < -0.3 is 10.1 Å². The minimum atomic E-state index is -0.155. The monoisotopic (exact) mass is 293 g/mol. The minimum absolute atomic E-state index is 0.141. The van der Waals surface area contributed by atoms with Gasteiger partial charge in [0.05, 0.1) is 6.61 Å². The van der Waals surface area contributed by atoms with Crippen molar-refractivity contribution in [3.05, 3.63) is 30.3 Å². The van der Waals surface area contributed by atoms with Gasteiger partial charge in [-0.2, -0.15) is 0 Å². The molecule has 98 valence electrons. The Morgan fingerprint density at radius 3 is 2.89 bits per heavy atom. The summed E-state index contributed by atoms with van der Waals surface area (Å²) in [5.74, 6) is -0.155. The van der Waals surface area contributed by atoms with Crippen LogP contribution in [0.15, 0.2) is 34.7 Å². The predicted molar refractivity (Wildman–Crippen MR) is 74.9 cm³/mol. The molecule has 5 nitrogen and oxygen atoms in total. The predicted octanol–water partition coefficient (Wildman–Crippen LogP) is 2.69. The molecule has 1 saturated heterocycles. The Morgan fingerprint density at radius 2 is 2.16 bits per heavy atom. The van der Waals surface area contributed by atoms with Crippen molar-refractivity contribution < 1.29 is 9.53 Å². The van der Waals surface area contributed by atoms with Crippen LogP contribution in [0.5, 0.6) is 0 Å². The number of aromatic nitrogens is 2. The molecule has 1 aromatic carbocycles. The van der Waals surface area contributed by atoms with Crippen LogP contribution >= 0.6 is 23.1 Å². The number of nitrogens with zero attached hydrogens (tertiary/aromatic N) is 2. The molecular formula is C12H11N3O2S2. The maximum Gasteiger partial charge on any atom is 0.319 e. The number of carbonyl (C=O) groups is 1. The first kappa shape index (κ1) is 12.4. The molecule has 2 heterocycles. The molecule has 19 heavy (non-hydrogen) atoms. The lowest BCUT2D eigenvalue weighted by molar-refractivity contribution is -0.137. The minimum Gasteiger partial charge on any atom is -0.465 e. The van der Waals surface area contributed by atoms with Gasteiger partial charge in [-0.3, -0.25) is 4.79 Å². The molecule has 1 aliphatic rings. The maximum absolute atomic E-state index is 11.4. The van der Waals surface area contributed by atoms with Gasteiger partial charge >= 0.3 is 5.97 Å². The number of thioether (sulfide) groups is 1. The van der Waals surface area contributed by atoms with E-state index in [2.05, 4.69) is 15.5 Å². The van der Waals surface area contributed by atoms with Gasteiger partial charge in [-0.25, -0.2) is 0 Å². The van der Waals surface area contributed by atoms with Crippen molar-refractivity contribution in [2.45, 2.75) is 16.0 Å². The fraction of sp³-hybridized carbons (Fsp3) is 0.250. The first-order chi connectivity index (χ1) is 9.31. The summed E-state index contributed by atoms with van der Waals surface area (Å²) in [5.41, 5.74) is 0.968. The Labute approximate surface area is 118 Å². The number of nitrogens with one attached hydrogen (secondary N) is 1. The van der Waals surface area contributed by atoms with Crippen LogP contribution in [-0.4, -0.2) is 28.0 Å². The molecule has 1 N–H and O–H groups in total. The summed E-state index contributed by atoms with van der Waals surface area (Å²) in [4.78, 5) is 11.4. The van der Waals surface area contributed by atoms with Crippen molar-refractivity contribution >= 4 is 39.9 Å². The quantitative estimate of drug-likeness (QED) is 0.874. The fourth-order valence-electron chi connectivity index (χ4n) is 1.66. The molecule has 2 aromatic rings. The lowest BCUT2D eigenvalue weighted by Gasteiger charge is -2.00. The van der Waals surface area contributed by atoms with Crippen molar-refractivity contribution in [2.75, 3.05) is 11.9 Å². The van der Waals surface area contributed by atoms with E-state index in [0.717, 1.165) is 21.6 Å². The van der Waals surface area contributed by atoms with E-state index >= 15 is 0 Å². The van der Waals surface area contributed by atoms with Crippen LogP contribution in [0.2, 0.25) is 0 Å². The number of para-hydroxylation sites is 1. The summed E-state index contributed by atoms with van der Waals surface area (Å²) in [7, 11) is 0. The third-order valence-electron chi connectivity index (χ3n) is 2.56. The Kier molecular flexibility index (Phi) is 3.65. The van der Waals surface area contributed by atoms with Gasteiger partial charge in [0, 0.05) is 12.1 Å². The van der Waals surface area contributed by atoms with Gasteiger partial charge in [0.2, 0.25) is 5.13 Å². The topological polar surface area (TPSA) is 64.1 Å². The van der Waals surface area contributed by atoms with Crippen molar-refractivity contribution in [3.63, 3.8) is 0 Å². The number of carbonyl (C=O) groups excluding carboxylic acids is 1. The SMILES string of the molecule is O=C1OCCC1Sc1nnc(Nc2ccccc2)s1. The van der Waals surface area contributed by atoms with E-state index in [1.54, 1.807) is 0 Å². The third kappa shape index (κ3) is 3.05. The summed E-state index contributed by atoms with van der Waals surface area (Å²) in [6.07, 6.45) is 0.741. The van der Waals surface area contributed by atoms with E-state index in [-0.39, 0.29) is 11.2 Å². The smallest absolute Gasteiger partial charge is 0.319 e. The summed E-state index contributed by atoms with van der Waals surface area (Å²) >= 11 is 2.86. The fourth-order valence-corrected chi connectivity index (χ4v) is 3.64. The molecule has 0 spiro atoms. The average molecular weight is 293 g/mol. The first-order valence-electron chi connectivity index (χ1n) is 5.80. The molecule has 1 aromatic heterocycles. The molecule has 1 atom stereocenters. The standard InChI is InChI=1S/C12H11N3O2S2/c16-10-9(6-7-17-10)18-12-15-14-11(19-12)13-8-4-2-1-3-5-8/h1-5,9H,6-7H2,(H,13,14). The highest BCUT2D eigenvalue weighted by Crippen LogP contribution is 2.33. The van der Waals surface area contributed by atoms with E-state index in [1.807, 2.05) is 30.3 Å². The lowest BCUT2D eigenvalue weighted by Crippen LogP contribution is -2.08. The van der Waals surface area contributed by atoms with Gasteiger partial charge in [0.25, 0.3) is 0 Å². The van der Waals surface area contributed by atoms with E-state index < -0.39 is 0 Å². The van der Waals surface area contributed by atoms with Crippen molar-refractivity contribution in [2.24, 2.45) is 0 Å². The number of hydrogen-bond donors (Lipinski definition) is 1. The van der Waals surface area contributed by atoms with Gasteiger partial charge in [-0.15, -0.1) is 10.2 Å². The van der Waals surface area contributed by atoms with Gasteiger partial charge in [0.15, 0.2) is 4.34 Å². The summed E-state index contributed by atoms with van der Waals surface area (Å²) < 4.78 is 5.70.